The molecule has 0 aliphatic heterocycles. The summed E-state index contributed by atoms with van der Waals surface area (Å²) in [6.07, 6.45) is 7.87. The van der Waals surface area contributed by atoms with E-state index in [-0.39, 0.29) is 20.4 Å². The molecule has 1 aliphatic rings. The van der Waals surface area contributed by atoms with E-state index < -0.39 is 0 Å². The summed E-state index contributed by atoms with van der Waals surface area (Å²) in [5.41, 5.74) is 1.54. The molecule has 0 nitrogen and oxygen atoms in total. The number of benzene rings is 2. The first-order valence-corrected chi connectivity index (χ1v) is 10.6. The van der Waals surface area contributed by atoms with Gasteiger partial charge in [-0.2, -0.15) is 0 Å². The van der Waals surface area contributed by atoms with Crippen molar-refractivity contribution in [2.45, 2.75) is 13.3 Å². The Morgan fingerprint density at radius 2 is 1.77 bits per heavy atom. The molecule has 2 heterocycles. The molecule has 0 radical (unpaired) electrons. The molecule has 2 aromatic carbocycles. The second-order valence-electron chi connectivity index (χ2n) is 5.92. The number of hydrogen-bond acceptors (Lipinski definition) is 1. The molecule has 0 unspecified atom stereocenters. The summed E-state index contributed by atoms with van der Waals surface area (Å²) in [6, 6.07) is 14.3. The van der Waals surface area contributed by atoms with Gasteiger partial charge in [0.25, 0.3) is 0 Å². The topological polar surface area (TPSA) is 0 Å². The molecule has 0 fully saturated rings. The Hall–Kier alpha value is -1.33. The monoisotopic (exact) mass is 416 g/mol. The van der Waals surface area contributed by atoms with Gasteiger partial charge < -0.3 is 0 Å². The van der Waals surface area contributed by atoms with Crippen LogP contribution < -0.4 is 0 Å². The predicted molar refractivity (Wildman–Crippen MR) is 100 cm³/mol. The number of allylic oxidation sites excluding steroid dienone is 4. The van der Waals surface area contributed by atoms with Crippen LogP contribution in [0.4, 0.5) is 0 Å². The van der Waals surface area contributed by atoms with E-state index in [1.165, 1.54) is 31.1 Å². The molecule has 0 saturated heterocycles. The minimum atomic E-state index is -0.213. The van der Waals surface area contributed by atoms with E-state index in [2.05, 4.69) is 61.5 Å². The quantitative estimate of drug-likeness (QED) is 0.340. The Labute approximate surface area is 143 Å². The number of aryl methyl sites for hydroxylation is 1. The third-order valence-electron chi connectivity index (χ3n) is 4.32. The van der Waals surface area contributed by atoms with Gasteiger partial charge in [0.05, 0.1) is 0 Å². The van der Waals surface area contributed by atoms with Crippen molar-refractivity contribution in [3.05, 3.63) is 63.1 Å². The zero-order valence-corrected chi connectivity index (χ0v) is 15.4. The van der Waals surface area contributed by atoms with Crippen LogP contribution in [0.3, 0.4) is 0 Å². The summed E-state index contributed by atoms with van der Waals surface area (Å²) >= 11 is 1.69. The van der Waals surface area contributed by atoms with Crippen molar-refractivity contribution in [3.8, 4) is 0 Å². The van der Waals surface area contributed by atoms with Gasteiger partial charge >= 0.3 is 143 Å². The van der Waals surface area contributed by atoms with Gasteiger partial charge in [-0.1, -0.05) is 0 Å². The Kier molecular flexibility index (Phi) is 2.89. The summed E-state index contributed by atoms with van der Waals surface area (Å²) in [6.45, 7) is 2.19. The maximum absolute atomic E-state index is 2.45. The molecule has 0 spiro atoms. The van der Waals surface area contributed by atoms with Gasteiger partial charge in [0.15, 0.2) is 0 Å². The second-order valence-corrected chi connectivity index (χ2v) is 10.3. The van der Waals surface area contributed by atoms with E-state index in [1.54, 1.807) is 12.6 Å². The van der Waals surface area contributed by atoms with Gasteiger partial charge in [0.2, 0.25) is 0 Å². The molecule has 0 saturated carbocycles. The third kappa shape index (κ3) is 2.02. The van der Waals surface area contributed by atoms with Crippen molar-refractivity contribution in [1.82, 2.24) is 0 Å². The summed E-state index contributed by atoms with van der Waals surface area (Å²) < 4.78 is 4.64. The van der Waals surface area contributed by atoms with Crippen molar-refractivity contribution >= 4 is 67.0 Å². The Morgan fingerprint density at radius 3 is 2.64 bits per heavy atom. The SMILES string of the molecule is Cc1cc2cc3cc4cc(C5=CC=CC5)[te]c4cc3cc2s1. The molecular formula is C20H14STe. The van der Waals surface area contributed by atoms with Gasteiger partial charge in [-0.3, -0.25) is 0 Å². The van der Waals surface area contributed by atoms with Gasteiger partial charge in [0.1, 0.15) is 0 Å². The van der Waals surface area contributed by atoms with E-state index >= 15 is 0 Å². The molecule has 106 valence electrons. The van der Waals surface area contributed by atoms with Crippen LogP contribution in [0.25, 0.3) is 35.2 Å². The van der Waals surface area contributed by atoms with Gasteiger partial charge in [-0.25, -0.2) is 0 Å². The summed E-state index contributed by atoms with van der Waals surface area (Å²) in [4.78, 5) is 1.40. The van der Waals surface area contributed by atoms with E-state index in [0.717, 1.165) is 6.42 Å². The average Bonchev–Trinajstić information content (AvgIpc) is 3.20. The molecule has 5 rings (SSSR count). The van der Waals surface area contributed by atoms with E-state index in [0.29, 0.717) is 0 Å². The molecule has 0 amide bonds. The molecule has 1 aliphatic carbocycles. The molecule has 2 heteroatoms. The zero-order chi connectivity index (χ0) is 14.7. The summed E-state index contributed by atoms with van der Waals surface area (Å²) in [5.74, 6) is 0. The minimum absolute atomic E-state index is 0.213. The fourth-order valence-electron chi connectivity index (χ4n) is 3.24. The first-order chi connectivity index (χ1) is 10.8. The Bertz CT molecular complexity index is 1030. The van der Waals surface area contributed by atoms with Crippen molar-refractivity contribution in [2.24, 2.45) is 0 Å². The first-order valence-electron chi connectivity index (χ1n) is 7.50. The van der Waals surface area contributed by atoms with Crippen LogP contribution in [0.15, 0.2) is 54.6 Å². The van der Waals surface area contributed by atoms with Crippen LogP contribution in [0.2, 0.25) is 0 Å². The fraction of sp³-hybridized carbons (Fsp3) is 0.100. The van der Waals surface area contributed by atoms with Gasteiger partial charge in [-0.15, -0.1) is 0 Å². The molecular weight excluding hydrogens is 400 g/mol. The van der Waals surface area contributed by atoms with E-state index in [9.17, 15) is 0 Å². The number of rotatable bonds is 1. The number of fused-ring (bicyclic) bond motifs is 3. The van der Waals surface area contributed by atoms with Gasteiger partial charge in [0, 0.05) is 0 Å². The van der Waals surface area contributed by atoms with Crippen molar-refractivity contribution in [1.29, 1.82) is 0 Å². The first kappa shape index (κ1) is 13.1. The zero-order valence-electron chi connectivity index (χ0n) is 12.2. The average molecular weight is 414 g/mol. The Balaban J connectivity index is 1.77. The van der Waals surface area contributed by atoms with Crippen molar-refractivity contribution in [3.63, 3.8) is 0 Å². The van der Waals surface area contributed by atoms with Crippen LogP contribution in [0.1, 0.15) is 14.9 Å². The maximum atomic E-state index is 2.45. The summed E-state index contributed by atoms with van der Waals surface area (Å²) in [5, 5.41) is 5.64. The van der Waals surface area contributed by atoms with E-state index in [4.69, 9.17) is 0 Å². The molecule has 2 aromatic heterocycles. The molecule has 22 heavy (non-hydrogen) atoms. The van der Waals surface area contributed by atoms with Crippen LogP contribution in [0.5, 0.6) is 0 Å². The molecule has 0 atom stereocenters. The van der Waals surface area contributed by atoms with Crippen LogP contribution >= 0.6 is 11.3 Å². The van der Waals surface area contributed by atoms with Crippen LogP contribution in [0, 0.1) is 6.92 Å². The van der Waals surface area contributed by atoms with E-state index in [1.807, 2.05) is 11.3 Å². The van der Waals surface area contributed by atoms with Gasteiger partial charge in [-0.05, 0) is 0 Å². The van der Waals surface area contributed by atoms with Crippen LogP contribution in [-0.2, 0) is 0 Å². The number of thiophene rings is 1. The molecule has 0 N–H and O–H groups in total. The molecule has 4 aromatic rings. The summed E-state index contributed by atoms with van der Waals surface area (Å²) in [7, 11) is 0. The molecule has 0 bridgehead atoms. The van der Waals surface area contributed by atoms with Crippen molar-refractivity contribution < 1.29 is 0 Å². The Morgan fingerprint density at radius 1 is 0.909 bits per heavy atom. The second kappa shape index (κ2) is 4.83. The standard InChI is InChI=1S/C20H14STe/c1-12-6-16-7-14-8-17-11-19(13-4-2-3-5-13)22-20(17)10-15(14)9-18(16)21-12/h2-4,6-11H,5H2,1H3. The van der Waals surface area contributed by atoms with Crippen LogP contribution in [-0.4, -0.2) is 20.4 Å². The third-order valence-corrected chi connectivity index (χ3v) is 8.68. The fourth-order valence-corrected chi connectivity index (χ4v) is 7.42. The predicted octanol–water partition coefficient (Wildman–Crippen LogP) is 5.92. The number of hydrogen-bond donors (Lipinski definition) is 0. The normalized spacial score (nSPS) is 14.5. The van der Waals surface area contributed by atoms with Crippen molar-refractivity contribution in [2.75, 3.05) is 0 Å².